The number of hydrogen-bond acceptors (Lipinski definition) is 0. The van der Waals surface area contributed by atoms with Crippen LogP contribution in [0.2, 0.25) is 25.2 Å². The second-order valence-corrected chi connectivity index (χ2v) is 10.8. The molecule has 0 bridgehead atoms. The van der Waals surface area contributed by atoms with Crippen molar-refractivity contribution < 1.29 is 32.7 Å². The fourth-order valence-corrected chi connectivity index (χ4v) is 0. The van der Waals surface area contributed by atoms with Crippen LogP contribution < -0.4 is 0 Å². The van der Waals surface area contributed by atoms with Crippen LogP contribution in [0.1, 0.15) is 27.7 Å². The Labute approximate surface area is 113 Å². The molecule has 1 radical (unpaired) electrons. The Kier molecular flexibility index (Phi) is 20.9. The molecule has 0 aliphatic carbocycles. The first-order valence-electron chi connectivity index (χ1n) is 4.51. The fourth-order valence-electron chi connectivity index (χ4n) is 0. The summed E-state index contributed by atoms with van der Waals surface area (Å²) in [6.45, 7) is 19.6. The van der Waals surface area contributed by atoms with Crippen molar-refractivity contribution in [3.05, 3.63) is 14.4 Å². The molecule has 0 N–H and O–H groups in total. The van der Waals surface area contributed by atoms with E-state index >= 15 is 0 Å². The van der Waals surface area contributed by atoms with Gasteiger partial charge in [0.25, 0.3) is 0 Å². The molecule has 0 spiro atoms. The van der Waals surface area contributed by atoms with Crippen LogP contribution in [0.15, 0.2) is 0 Å². The van der Waals surface area contributed by atoms with Crippen molar-refractivity contribution in [2.45, 2.75) is 52.9 Å². The molecule has 2 heteroatoms. The first-order valence-corrected chi connectivity index (χ1v) is 8.08. The molecule has 0 aromatic rings. The van der Waals surface area contributed by atoms with Crippen molar-refractivity contribution in [2.24, 2.45) is 5.92 Å². The fraction of sp³-hybridized carbons (Fsp3) is 0.818. The summed E-state index contributed by atoms with van der Waals surface area (Å²) in [5, 5.41) is 0. The molecule has 0 fully saturated rings. The third-order valence-corrected chi connectivity index (χ3v) is 5.20. The minimum atomic E-state index is -0.735. The van der Waals surface area contributed by atoms with Crippen molar-refractivity contribution in [1.29, 1.82) is 0 Å². The molecule has 13 heavy (non-hydrogen) atoms. The Morgan fingerprint density at radius 3 is 1.00 bits per heavy atom. The van der Waals surface area contributed by atoms with Crippen LogP contribution in [0.25, 0.3) is 0 Å². The van der Waals surface area contributed by atoms with E-state index in [1.54, 1.807) is 0 Å². The van der Waals surface area contributed by atoms with E-state index in [-0.39, 0.29) is 40.1 Å². The van der Waals surface area contributed by atoms with Gasteiger partial charge in [0.15, 0.2) is 0 Å². The first kappa shape index (κ1) is 23.9. The van der Waals surface area contributed by atoms with E-state index < -0.39 is 8.07 Å². The van der Waals surface area contributed by atoms with Gasteiger partial charge in [-0.3, -0.25) is 0 Å². The molecule has 0 unspecified atom stereocenters. The van der Waals surface area contributed by atoms with E-state index in [2.05, 4.69) is 54.3 Å². The summed E-state index contributed by atoms with van der Waals surface area (Å²) in [5.41, 5.74) is 0.937. The van der Waals surface area contributed by atoms with Crippen LogP contribution in [0.3, 0.4) is 0 Å². The third kappa shape index (κ3) is 31.9. The van der Waals surface area contributed by atoms with Crippen LogP contribution in [0, 0.1) is 20.3 Å². The van der Waals surface area contributed by atoms with Crippen LogP contribution in [-0.2, 0) is 32.7 Å². The molecular weight excluding hydrogens is 249 g/mol. The maximum absolute atomic E-state index is 3.64. The molecule has 0 nitrogen and oxygen atoms in total. The van der Waals surface area contributed by atoms with Gasteiger partial charge >= 0.3 is 0 Å². The second-order valence-electron chi connectivity index (χ2n) is 4.91. The predicted octanol–water partition coefficient (Wildman–Crippen LogP) is 4.66. The van der Waals surface area contributed by atoms with Crippen LogP contribution in [0.5, 0.6) is 0 Å². The van der Waals surface area contributed by atoms with Gasteiger partial charge in [-0.25, -0.2) is 0 Å². The van der Waals surface area contributed by atoms with E-state index in [1.165, 1.54) is 0 Å². The van der Waals surface area contributed by atoms with Gasteiger partial charge in [-0.1, -0.05) is 52.9 Å². The third-order valence-electron chi connectivity index (χ3n) is 1.73. The molecular formula is C11H28SiY-2. The molecule has 0 aliphatic heterocycles. The van der Waals surface area contributed by atoms with Gasteiger partial charge in [0.1, 0.15) is 0 Å². The monoisotopic (exact) mass is 277 g/mol. The molecule has 0 aromatic carbocycles. The summed E-state index contributed by atoms with van der Waals surface area (Å²) in [4.78, 5) is 0. The average molecular weight is 277 g/mol. The van der Waals surface area contributed by atoms with E-state index in [0.717, 1.165) is 5.54 Å². The molecule has 0 atom stereocenters. The van der Waals surface area contributed by atoms with Crippen LogP contribution in [-0.4, -0.2) is 8.07 Å². The number of hydrogen-bond donors (Lipinski definition) is 0. The summed E-state index contributed by atoms with van der Waals surface area (Å²) >= 11 is 0. The van der Waals surface area contributed by atoms with Gasteiger partial charge in [-0.05, 0) is 0 Å². The first-order chi connectivity index (χ1) is 4.68. The van der Waals surface area contributed by atoms with Gasteiger partial charge in [0, 0.05) is 40.8 Å². The molecule has 0 amide bonds. The number of rotatable bonds is 1. The van der Waals surface area contributed by atoms with Crippen molar-refractivity contribution in [3.63, 3.8) is 0 Å². The SMILES string of the molecule is CC(C)[Si](C)(C)C.[CH2-]C(C)C.[CH3-].[Y]. The maximum Gasteiger partial charge on any atom is 0.0468 e. The zero-order valence-electron chi connectivity index (χ0n) is 10.9. The summed E-state index contributed by atoms with van der Waals surface area (Å²) in [5.74, 6) is 0.583. The van der Waals surface area contributed by atoms with E-state index in [1.807, 2.05) is 0 Å². The van der Waals surface area contributed by atoms with Gasteiger partial charge in [0.05, 0.1) is 0 Å². The summed E-state index contributed by atoms with van der Waals surface area (Å²) in [6.07, 6.45) is 0. The molecule has 0 aliphatic rings. The van der Waals surface area contributed by atoms with Gasteiger partial charge in [0.2, 0.25) is 0 Å². The summed E-state index contributed by atoms with van der Waals surface area (Å²) < 4.78 is 0. The minimum absolute atomic E-state index is 0. The van der Waals surface area contributed by atoms with Crippen LogP contribution in [0.4, 0.5) is 0 Å². The van der Waals surface area contributed by atoms with Crippen molar-refractivity contribution in [2.75, 3.05) is 0 Å². The summed E-state index contributed by atoms with van der Waals surface area (Å²) in [6, 6.07) is 0. The van der Waals surface area contributed by atoms with Gasteiger partial charge in [-0.15, -0.1) is 0 Å². The molecule has 0 rings (SSSR count). The Morgan fingerprint density at radius 1 is 0.923 bits per heavy atom. The molecule has 0 saturated heterocycles. The maximum atomic E-state index is 3.64. The Bertz CT molecular complexity index is 79.8. The molecule has 81 valence electrons. The van der Waals surface area contributed by atoms with Gasteiger partial charge < -0.3 is 14.4 Å². The normalized spacial score (nSPS) is 9.69. The Balaban J connectivity index is -0.0000000600. The van der Waals surface area contributed by atoms with Gasteiger partial charge in [-0.2, -0.15) is 5.92 Å². The largest absolute Gasteiger partial charge is 0.358 e. The van der Waals surface area contributed by atoms with Crippen molar-refractivity contribution in [3.8, 4) is 0 Å². The zero-order valence-corrected chi connectivity index (χ0v) is 14.8. The quantitative estimate of drug-likeness (QED) is 0.483. The average Bonchev–Trinajstić information content (AvgIpc) is 1.59. The molecule has 0 aromatic heterocycles. The van der Waals surface area contributed by atoms with Crippen LogP contribution >= 0.6 is 0 Å². The van der Waals surface area contributed by atoms with E-state index in [4.69, 9.17) is 0 Å². The van der Waals surface area contributed by atoms with Crippen molar-refractivity contribution >= 4 is 8.07 Å². The standard InChI is InChI=1S/C6H16Si.C4H9.CH3.Y/c1-6(2)7(3,4)5;1-4(2)3;;/h6H,1-5H3;4H,1H2,2-3H3;1H3;/q;2*-1;. The Hall–Kier alpha value is 1.32. The van der Waals surface area contributed by atoms with Crippen molar-refractivity contribution in [1.82, 2.24) is 0 Å². The molecule has 0 heterocycles. The second kappa shape index (κ2) is 11.4. The topological polar surface area (TPSA) is 0 Å². The zero-order chi connectivity index (χ0) is 9.65. The molecule has 0 saturated carbocycles. The summed E-state index contributed by atoms with van der Waals surface area (Å²) in [7, 11) is -0.735. The van der Waals surface area contributed by atoms with E-state index in [0.29, 0.717) is 5.92 Å². The Morgan fingerprint density at radius 2 is 1.00 bits per heavy atom. The minimum Gasteiger partial charge on any atom is -0.358 e. The predicted molar refractivity (Wildman–Crippen MR) is 65.1 cm³/mol. The van der Waals surface area contributed by atoms with E-state index in [9.17, 15) is 0 Å². The smallest absolute Gasteiger partial charge is 0.0468 e.